The van der Waals surface area contributed by atoms with Crippen LogP contribution in [0.1, 0.15) is 33.1 Å². The minimum Gasteiger partial charge on any atom is -0.300 e. The second-order valence-electron chi connectivity index (χ2n) is 2.50. The van der Waals surface area contributed by atoms with Crippen molar-refractivity contribution in [3.05, 3.63) is 12.2 Å². The smallest absolute Gasteiger partial charge is 0.143 e. The average molecular weight is 154 g/mol. The molecule has 0 fully saturated rings. The normalized spacial score (nSPS) is 10.4. The Morgan fingerprint density at radius 3 is 2.36 bits per heavy atom. The van der Waals surface area contributed by atoms with E-state index in [2.05, 4.69) is 0 Å². The Balaban J connectivity index is 3.53. The van der Waals surface area contributed by atoms with E-state index in [1.807, 2.05) is 19.1 Å². The van der Waals surface area contributed by atoms with Crippen LogP contribution in [-0.4, -0.2) is 11.6 Å². The van der Waals surface area contributed by atoms with Crippen LogP contribution in [0.25, 0.3) is 0 Å². The van der Waals surface area contributed by atoms with Gasteiger partial charge in [0, 0.05) is 6.42 Å². The Morgan fingerprint density at radius 2 is 1.91 bits per heavy atom. The predicted octanol–water partition coefficient (Wildman–Crippen LogP) is 1.89. The first-order chi connectivity index (χ1) is 5.16. The molecule has 0 bridgehead atoms. The van der Waals surface area contributed by atoms with Crippen molar-refractivity contribution in [2.75, 3.05) is 0 Å². The van der Waals surface area contributed by atoms with Crippen LogP contribution >= 0.6 is 0 Å². The van der Waals surface area contributed by atoms with Crippen molar-refractivity contribution in [3.8, 4) is 0 Å². The molecule has 0 amide bonds. The number of hydrogen-bond acceptors (Lipinski definition) is 2. The van der Waals surface area contributed by atoms with Gasteiger partial charge in [-0.05, 0) is 13.3 Å². The highest BCUT2D eigenvalue weighted by atomic mass is 16.1. The molecule has 0 unspecified atom stereocenters. The van der Waals surface area contributed by atoms with Gasteiger partial charge in [-0.2, -0.15) is 0 Å². The van der Waals surface area contributed by atoms with E-state index in [1.54, 1.807) is 0 Å². The Hall–Kier alpha value is -0.920. The maximum Gasteiger partial charge on any atom is 0.143 e. The number of Topliss-reactive ketones (excluding diaryl/α,β-unsaturated/α-hetero) is 2. The molecular formula is C9H14O2. The fourth-order valence-corrected chi connectivity index (χ4v) is 0.731. The zero-order valence-electron chi connectivity index (χ0n) is 7.09. The van der Waals surface area contributed by atoms with Gasteiger partial charge in [-0.1, -0.05) is 19.1 Å². The minimum atomic E-state index is -0.0556. The second kappa shape index (κ2) is 5.83. The van der Waals surface area contributed by atoms with Crippen LogP contribution in [0.15, 0.2) is 12.2 Å². The van der Waals surface area contributed by atoms with Crippen molar-refractivity contribution in [2.24, 2.45) is 0 Å². The molecular weight excluding hydrogens is 140 g/mol. The topological polar surface area (TPSA) is 34.1 Å². The number of hydrogen-bond donors (Lipinski definition) is 0. The van der Waals surface area contributed by atoms with E-state index in [0.717, 1.165) is 6.42 Å². The number of ketones is 2. The van der Waals surface area contributed by atoms with E-state index < -0.39 is 0 Å². The van der Waals surface area contributed by atoms with Gasteiger partial charge in [-0.3, -0.25) is 9.59 Å². The molecule has 62 valence electrons. The van der Waals surface area contributed by atoms with E-state index in [-0.39, 0.29) is 18.0 Å². The molecule has 0 rings (SSSR count). The summed E-state index contributed by atoms with van der Waals surface area (Å²) in [6.07, 6.45) is 5.15. The second-order valence-corrected chi connectivity index (χ2v) is 2.50. The van der Waals surface area contributed by atoms with E-state index in [1.165, 1.54) is 6.92 Å². The van der Waals surface area contributed by atoms with Gasteiger partial charge in [0.05, 0.1) is 6.42 Å². The van der Waals surface area contributed by atoms with Crippen LogP contribution in [0.4, 0.5) is 0 Å². The number of rotatable bonds is 5. The largest absolute Gasteiger partial charge is 0.300 e. The van der Waals surface area contributed by atoms with Gasteiger partial charge in [0.25, 0.3) is 0 Å². The first-order valence-corrected chi connectivity index (χ1v) is 3.83. The van der Waals surface area contributed by atoms with Gasteiger partial charge in [0.2, 0.25) is 0 Å². The van der Waals surface area contributed by atoms with Gasteiger partial charge in [0.1, 0.15) is 11.6 Å². The van der Waals surface area contributed by atoms with Gasteiger partial charge in [0.15, 0.2) is 0 Å². The molecule has 0 heterocycles. The molecule has 0 spiro atoms. The lowest BCUT2D eigenvalue weighted by atomic mass is 10.1. The summed E-state index contributed by atoms with van der Waals surface area (Å²) < 4.78 is 0. The molecule has 11 heavy (non-hydrogen) atoms. The quantitative estimate of drug-likeness (QED) is 0.447. The van der Waals surface area contributed by atoms with Gasteiger partial charge in [-0.25, -0.2) is 0 Å². The summed E-state index contributed by atoms with van der Waals surface area (Å²) in [5, 5.41) is 0. The summed E-state index contributed by atoms with van der Waals surface area (Å²) >= 11 is 0. The Labute approximate surface area is 67.3 Å². The molecule has 0 atom stereocenters. The fourth-order valence-electron chi connectivity index (χ4n) is 0.731. The number of carbonyl (C=O) groups excluding carboxylic acids is 2. The van der Waals surface area contributed by atoms with Crippen molar-refractivity contribution >= 4 is 11.6 Å². The molecule has 2 heteroatoms. The molecule has 0 saturated carbocycles. The predicted molar refractivity (Wildman–Crippen MR) is 44.4 cm³/mol. The molecule has 0 aromatic carbocycles. The molecule has 0 aromatic heterocycles. The molecule has 0 aliphatic rings. The van der Waals surface area contributed by atoms with Gasteiger partial charge in [-0.15, -0.1) is 0 Å². The summed E-state index contributed by atoms with van der Waals surface area (Å²) in [5.41, 5.74) is 0. The standard InChI is InChI=1S/C9H14O2/c1-3-4-5-6-9(11)7-8(2)10/h4-5H,3,6-7H2,1-2H3/b5-4+. The zero-order chi connectivity index (χ0) is 8.69. The molecule has 0 radical (unpaired) electrons. The summed E-state index contributed by atoms with van der Waals surface area (Å²) in [7, 11) is 0. The van der Waals surface area contributed by atoms with Gasteiger partial charge >= 0.3 is 0 Å². The molecule has 0 N–H and O–H groups in total. The highest BCUT2D eigenvalue weighted by Gasteiger charge is 2.01. The summed E-state index contributed by atoms with van der Waals surface area (Å²) in [6, 6.07) is 0. The van der Waals surface area contributed by atoms with Crippen LogP contribution in [0.5, 0.6) is 0 Å². The van der Waals surface area contributed by atoms with Gasteiger partial charge < -0.3 is 0 Å². The first-order valence-electron chi connectivity index (χ1n) is 3.83. The lowest BCUT2D eigenvalue weighted by Crippen LogP contribution is -2.02. The molecule has 0 aliphatic carbocycles. The van der Waals surface area contributed by atoms with E-state index >= 15 is 0 Å². The number of carbonyl (C=O) groups is 2. The maximum absolute atomic E-state index is 10.9. The number of allylic oxidation sites excluding steroid dienone is 2. The van der Waals surface area contributed by atoms with Crippen molar-refractivity contribution in [1.29, 1.82) is 0 Å². The van der Waals surface area contributed by atoms with E-state index in [9.17, 15) is 9.59 Å². The van der Waals surface area contributed by atoms with E-state index in [4.69, 9.17) is 0 Å². The Bertz CT molecular complexity index is 168. The molecule has 0 aliphatic heterocycles. The highest BCUT2D eigenvalue weighted by Crippen LogP contribution is 1.93. The molecule has 2 nitrogen and oxygen atoms in total. The third kappa shape index (κ3) is 6.97. The van der Waals surface area contributed by atoms with Crippen LogP contribution in [0, 0.1) is 0 Å². The molecule has 0 aromatic rings. The first kappa shape index (κ1) is 10.1. The lowest BCUT2D eigenvalue weighted by Gasteiger charge is -1.90. The zero-order valence-corrected chi connectivity index (χ0v) is 7.09. The van der Waals surface area contributed by atoms with E-state index in [0.29, 0.717) is 6.42 Å². The minimum absolute atomic E-state index is 0.00204. The van der Waals surface area contributed by atoms with Crippen molar-refractivity contribution in [2.45, 2.75) is 33.1 Å². The monoisotopic (exact) mass is 154 g/mol. The third-order valence-corrected chi connectivity index (χ3v) is 1.19. The van der Waals surface area contributed by atoms with Crippen LogP contribution in [-0.2, 0) is 9.59 Å². The van der Waals surface area contributed by atoms with Crippen LogP contribution < -0.4 is 0 Å². The van der Waals surface area contributed by atoms with Crippen LogP contribution in [0.3, 0.4) is 0 Å². The average Bonchev–Trinajstić information content (AvgIpc) is 1.86. The lowest BCUT2D eigenvalue weighted by molar-refractivity contribution is -0.125. The fraction of sp³-hybridized carbons (Fsp3) is 0.556. The molecule has 0 saturated heterocycles. The van der Waals surface area contributed by atoms with Crippen molar-refractivity contribution in [1.82, 2.24) is 0 Å². The summed E-state index contributed by atoms with van der Waals surface area (Å²) in [6.45, 7) is 3.44. The summed E-state index contributed by atoms with van der Waals surface area (Å²) in [4.78, 5) is 21.3. The maximum atomic E-state index is 10.9. The SMILES string of the molecule is CC/C=C/CC(=O)CC(C)=O. The highest BCUT2D eigenvalue weighted by molar-refractivity contribution is 5.98. The Kier molecular flexibility index (Phi) is 5.35. The summed E-state index contributed by atoms with van der Waals surface area (Å²) in [5.74, 6) is -0.0536. The van der Waals surface area contributed by atoms with Crippen molar-refractivity contribution in [3.63, 3.8) is 0 Å². The van der Waals surface area contributed by atoms with Crippen molar-refractivity contribution < 1.29 is 9.59 Å². The third-order valence-electron chi connectivity index (χ3n) is 1.19. The van der Waals surface area contributed by atoms with Crippen LogP contribution in [0.2, 0.25) is 0 Å². The Morgan fingerprint density at radius 1 is 1.27 bits per heavy atom.